The predicted octanol–water partition coefficient (Wildman–Crippen LogP) is 2.50. The zero-order valence-corrected chi connectivity index (χ0v) is 15.9. The van der Waals surface area contributed by atoms with Crippen molar-refractivity contribution in [3.63, 3.8) is 0 Å². The molecule has 0 radical (unpaired) electrons. The summed E-state index contributed by atoms with van der Waals surface area (Å²) in [4.78, 5) is 26.2. The van der Waals surface area contributed by atoms with Crippen molar-refractivity contribution in [2.75, 3.05) is 5.32 Å². The highest BCUT2D eigenvalue weighted by molar-refractivity contribution is 6.03. The van der Waals surface area contributed by atoms with Crippen LogP contribution in [0.3, 0.4) is 0 Å². The standard InChI is InChI=1S/C21H18N6O3/c28-19(14-27-25-20(24-26-27)15-7-2-1-3-8-15)23-18-11-5-4-10-17(18)21(29)22-13-16-9-6-12-30-16/h1-12H,13-14H2,(H,22,29)(H,23,28). The first kappa shape index (κ1) is 19.1. The Labute approximate surface area is 171 Å². The fourth-order valence-corrected chi connectivity index (χ4v) is 2.80. The first-order valence-corrected chi connectivity index (χ1v) is 9.22. The number of tetrazole rings is 1. The van der Waals surface area contributed by atoms with Gasteiger partial charge in [-0.2, -0.15) is 4.80 Å². The van der Waals surface area contributed by atoms with Crippen molar-refractivity contribution < 1.29 is 14.0 Å². The lowest BCUT2D eigenvalue weighted by Gasteiger charge is -2.10. The van der Waals surface area contributed by atoms with Crippen LogP contribution in [0, 0.1) is 0 Å². The van der Waals surface area contributed by atoms with Gasteiger partial charge < -0.3 is 15.1 Å². The summed E-state index contributed by atoms with van der Waals surface area (Å²) in [6, 6.07) is 19.6. The van der Waals surface area contributed by atoms with Gasteiger partial charge >= 0.3 is 0 Å². The molecule has 0 aliphatic heterocycles. The van der Waals surface area contributed by atoms with Crippen LogP contribution in [0.25, 0.3) is 11.4 Å². The number of hydrogen-bond donors (Lipinski definition) is 2. The lowest BCUT2D eigenvalue weighted by atomic mass is 10.1. The second kappa shape index (κ2) is 8.82. The number of carbonyl (C=O) groups excluding carboxylic acids is 2. The maximum atomic E-state index is 12.5. The van der Waals surface area contributed by atoms with Crippen molar-refractivity contribution in [2.24, 2.45) is 0 Å². The van der Waals surface area contributed by atoms with Gasteiger partial charge in [0.25, 0.3) is 5.91 Å². The van der Waals surface area contributed by atoms with E-state index in [4.69, 9.17) is 4.42 Å². The zero-order chi connectivity index (χ0) is 20.8. The van der Waals surface area contributed by atoms with Gasteiger partial charge in [0.1, 0.15) is 12.3 Å². The van der Waals surface area contributed by atoms with Crippen molar-refractivity contribution in [2.45, 2.75) is 13.1 Å². The summed E-state index contributed by atoms with van der Waals surface area (Å²) in [5.41, 5.74) is 1.54. The Bertz CT molecular complexity index is 1140. The number of nitrogens with one attached hydrogen (secondary N) is 2. The number of benzene rings is 2. The third kappa shape index (κ3) is 4.58. The highest BCUT2D eigenvalue weighted by Gasteiger charge is 2.15. The van der Waals surface area contributed by atoms with Crippen LogP contribution in [-0.2, 0) is 17.9 Å². The maximum Gasteiger partial charge on any atom is 0.253 e. The Morgan fingerprint density at radius 1 is 0.967 bits per heavy atom. The minimum absolute atomic E-state index is 0.137. The predicted molar refractivity (Wildman–Crippen MR) is 108 cm³/mol. The van der Waals surface area contributed by atoms with Crippen molar-refractivity contribution in [1.82, 2.24) is 25.5 Å². The third-order valence-electron chi connectivity index (χ3n) is 4.22. The maximum absolute atomic E-state index is 12.5. The summed E-state index contributed by atoms with van der Waals surface area (Å²) in [5, 5.41) is 17.6. The number of nitrogens with zero attached hydrogens (tertiary/aromatic N) is 4. The van der Waals surface area contributed by atoms with E-state index in [1.54, 1.807) is 36.4 Å². The topological polar surface area (TPSA) is 115 Å². The number of aromatic nitrogens is 4. The number of rotatable bonds is 7. The number of carbonyl (C=O) groups is 2. The van der Waals surface area contributed by atoms with Crippen LogP contribution < -0.4 is 10.6 Å². The molecule has 4 aromatic rings. The van der Waals surface area contributed by atoms with Crippen LogP contribution in [0.4, 0.5) is 5.69 Å². The molecular weight excluding hydrogens is 384 g/mol. The van der Waals surface area contributed by atoms with Gasteiger partial charge in [0, 0.05) is 5.56 Å². The molecule has 4 rings (SSSR count). The molecule has 2 heterocycles. The van der Waals surface area contributed by atoms with Gasteiger partial charge in [0.15, 0.2) is 0 Å². The van der Waals surface area contributed by atoms with E-state index in [1.165, 1.54) is 11.1 Å². The van der Waals surface area contributed by atoms with Crippen LogP contribution in [0.5, 0.6) is 0 Å². The summed E-state index contributed by atoms with van der Waals surface area (Å²) >= 11 is 0. The van der Waals surface area contributed by atoms with Crippen LogP contribution >= 0.6 is 0 Å². The summed E-state index contributed by atoms with van der Waals surface area (Å²) in [7, 11) is 0. The number of furan rings is 1. The summed E-state index contributed by atoms with van der Waals surface area (Å²) in [6.07, 6.45) is 1.54. The molecular formula is C21H18N6O3. The molecule has 0 bridgehead atoms. The molecule has 9 nitrogen and oxygen atoms in total. The molecule has 0 spiro atoms. The fourth-order valence-electron chi connectivity index (χ4n) is 2.80. The molecule has 0 saturated carbocycles. The van der Waals surface area contributed by atoms with Gasteiger partial charge in [0.2, 0.25) is 11.7 Å². The number of anilines is 1. The molecule has 0 atom stereocenters. The number of amides is 2. The molecule has 2 aromatic carbocycles. The lowest BCUT2D eigenvalue weighted by Crippen LogP contribution is -2.26. The Morgan fingerprint density at radius 2 is 1.77 bits per heavy atom. The molecule has 0 saturated heterocycles. The summed E-state index contributed by atoms with van der Waals surface area (Å²) < 4.78 is 5.21. The van der Waals surface area contributed by atoms with Crippen LogP contribution in [-0.4, -0.2) is 32.0 Å². The second-order valence-electron chi connectivity index (χ2n) is 6.37. The third-order valence-corrected chi connectivity index (χ3v) is 4.22. The van der Waals surface area contributed by atoms with E-state index in [-0.39, 0.29) is 24.9 Å². The first-order chi connectivity index (χ1) is 14.7. The zero-order valence-electron chi connectivity index (χ0n) is 15.9. The molecule has 150 valence electrons. The largest absolute Gasteiger partial charge is 0.467 e. The number of hydrogen-bond acceptors (Lipinski definition) is 6. The quantitative estimate of drug-likeness (QED) is 0.491. The summed E-state index contributed by atoms with van der Waals surface area (Å²) in [5.74, 6) is 0.364. The Hall–Kier alpha value is -4.27. The molecule has 2 aromatic heterocycles. The van der Waals surface area contributed by atoms with Crippen molar-refractivity contribution in [1.29, 1.82) is 0 Å². The Morgan fingerprint density at radius 3 is 2.57 bits per heavy atom. The van der Waals surface area contributed by atoms with Crippen molar-refractivity contribution >= 4 is 17.5 Å². The molecule has 0 aliphatic rings. The van der Waals surface area contributed by atoms with E-state index in [2.05, 4.69) is 26.0 Å². The van der Waals surface area contributed by atoms with E-state index >= 15 is 0 Å². The Balaban J connectivity index is 1.40. The average Bonchev–Trinajstić information content (AvgIpc) is 3.45. The lowest BCUT2D eigenvalue weighted by molar-refractivity contribution is -0.117. The van der Waals surface area contributed by atoms with E-state index in [9.17, 15) is 9.59 Å². The van der Waals surface area contributed by atoms with Crippen LogP contribution in [0.1, 0.15) is 16.1 Å². The van der Waals surface area contributed by atoms with Gasteiger partial charge in [-0.3, -0.25) is 9.59 Å². The molecule has 0 aliphatic carbocycles. The van der Waals surface area contributed by atoms with E-state index < -0.39 is 0 Å². The van der Waals surface area contributed by atoms with Gasteiger partial charge in [0.05, 0.1) is 24.1 Å². The number of para-hydroxylation sites is 1. The van der Waals surface area contributed by atoms with Gasteiger partial charge in [-0.05, 0) is 29.5 Å². The van der Waals surface area contributed by atoms with Crippen LogP contribution in [0.15, 0.2) is 77.4 Å². The van der Waals surface area contributed by atoms with Gasteiger partial charge in [-0.25, -0.2) is 0 Å². The average molecular weight is 402 g/mol. The van der Waals surface area contributed by atoms with Gasteiger partial charge in [-0.1, -0.05) is 42.5 Å². The molecule has 0 unspecified atom stereocenters. The molecule has 9 heteroatoms. The monoisotopic (exact) mass is 402 g/mol. The molecule has 30 heavy (non-hydrogen) atoms. The molecule has 0 fully saturated rings. The molecule has 2 amide bonds. The first-order valence-electron chi connectivity index (χ1n) is 9.22. The van der Waals surface area contributed by atoms with E-state index in [0.717, 1.165) is 5.56 Å². The molecule has 2 N–H and O–H groups in total. The minimum Gasteiger partial charge on any atom is -0.467 e. The smallest absolute Gasteiger partial charge is 0.253 e. The van der Waals surface area contributed by atoms with E-state index in [0.29, 0.717) is 22.8 Å². The van der Waals surface area contributed by atoms with Crippen LogP contribution in [0.2, 0.25) is 0 Å². The highest BCUT2D eigenvalue weighted by Crippen LogP contribution is 2.16. The van der Waals surface area contributed by atoms with E-state index in [1.807, 2.05) is 30.3 Å². The normalized spacial score (nSPS) is 10.5. The van der Waals surface area contributed by atoms with Crippen molar-refractivity contribution in [3.05, 3.63) is 84.3 Å². The summed E-state index contributed by atoms with van der Waals surface area (Å²) in [6.45, 7) is 0.113. The minimum atomic E-state index is -0.377. The van der Waals surface area contributed by atoms with Crippen molar-refractivity contribution in [3.8, 4) is 11.4 Å². The SMILES string of the molecule is O=C(Cn1nnc(-c2ccccc2)n1)Nc1ccccc1C(=O)NCc1ccco1. The van der Waals surface area contributed by atoms with Gasteiger partial charge in [-0.15, -0.1) is 10.2 Å². The fraction of sp³-hybridized carbons (Fsp3) is 0.0952. The highest BCUT2D eigenvalue weighted by atomic mass is 16.3. The second-order valence-corrected chi connectivity index (χ2v) is 6.37. The Kier molecular flexibility index (Phi) is 5.61.